The Bertz CT molecular complexity index is 1400. The van der Waals surface area contributed by atoms with Gasteiger partial charge in [-0.05, 0) is 60.7 Å². The van der Waals surface area contributed by atoms with Crippen molar-refractivity contribution in [3.63, 3.8) is 0 Å². The minimum Gasteiger partial charge on any atom is -0.457 e. The van der Waals surface area contributed by atoms with Crippen LogP contribution in [0.5, 0.6) is 11.5 Å². The Labute approximate surface area is 224 Å². The number of rotatable bonds is 5. The maximum atomic E-state index is 12.5. The number of benzene rings is 2. The van der Waals surface area contributed by atoms with E-state index >= 15 is 0 Å². The zero-order chi connectivity index (χ0) is 27.3. The molecule has 1 atom stereocenters. The van der Waals surface area contributed by atoms with Gasteiger partial charge in [0, 0.05) is 18.7 Å². The number of nitrogen functional groups attached to an aromatic ring is 1. The van der Waals surface area contributed by atoms with Gasteiger partial charge < -0.3 is 15.4 Å². The van der Waals surface area contributed by atoms with Crippen molar-refractivity contribution in [2.24, 2.45) is 5.41 Å². The van der Waals surface area contributed by atoms with Gasteiger partial charge in [0.15, 0.2) is 5.65 Å². The Balaban J connectivity index is 0.00000164. The standard InChI is InChI=1S/C28H30N6O2.C2H6/c1-4-23(35)33-15-14-28(2,3)16-20(17-33)34-27-24(26(29)30-18-31-27)25(32-34)19-10-12-22(13-11-19)36-21-8-6-5-7-9-21;1-2/h4-13,18,20H,1,14-17H2,2-3H3,(H2,29,30,31);1-2H3. The molecular weight excluding hydrogens is 476 g/mol. The van der Waals surface area contributed by atoms with Gasteiger partial charge in [0.2, 0.25) is 5.91 Å². The molecule has 1 fully saturated rings. The highest BCUT2D eigenvalue weighted by Crippen LogP contribution is 2.39. The Morgan fingerprint density at radius 1 is 1.08 bits per heavy atom. The summed E-state index contributed by atoms with van der Waals surface area (Å²) in [5.74, 6) is 1.80. The van der Waals surface area contributed by atoms with Gasteiger partial charge in [-0.1, -0.05) is 52.5 Å². The molecule has 8 nitrogen and oxygen atoms in total. The van der Waals surface area contributed by atoms with Gasteiger partial charge in [0.1, 0.15) is 29.3 Å². The third-order valence-corrected chi connectivity index (χ3v) is 6.73. The number of anilines is 1. The second kappa shape index (κ2) is 11.5. The first-order valence-electron chi connectivity index (χ1n) is 13.1. The molecule has 1 saturated heterocycles. The van der Waals surface area contributed by atoms with Crippen molar-refractivity contribution in [2.45, 2.75) is 46.6 Å². The van der Waals surface area contributed by atoms with E-state index in [1.165, 1.54) is 12.4 Å². The van der Waals surface area contributed by atoms with E-state index in [0.29, 0.717) is 35.6 Å². The minimum atomic E-state index is -0.0717. The predicted molar refractivity (Wildman–Crippen MR) is 152 cm³/mol. The fourth-order valence-corrected chi connectivity index (χ4v) is 4.84. The number of nitrogens with two attached hydrogens (primary N) is 1. The zero-order valence-corrected chi connectivity index (χ0v) is 22.6. The van der Waals surface area contributed by atoms with Gasteiger partial charge >= 0.3 is 0 Å². The smallest absolute Gasteiger partial charge is 0.246 e. The molecule has 5 rings (SSSR count). The molecule has 0 saturated carbocycles. The van der Waals surface area contributed by atoms with Crippen LogP contribution < -0.4 is 10.5 Å². The van der Waals surface area contributed by atoms with Crippen molar-refractivity contribution in [1.82, 2.24) is 24.6 Å². The summed E-state index contributed by atoms with van der Waals surface area (Å²) in [4.78, 5) is 23.2. The number of nitrogens with zero attached hydrogens (tertiary/aromatic N) is 5. The molecule has 8 heteroatoms. The Morgan fingerprint density at radius 2 is 1.76 bits per heavy atom. The molecule has 1 aliphatic rings. The summed E-state index contributed by atoms with van der Waals surface area (Å²) in [6, 6.07) is 17.3. The molecule has 0 bridgehead atoms. The van der Waals surface area contributed by atoms with Gasteiger partial charge in [0.25, 0.3) is 0 Å². The maximum absolute atomic E-state index is 12.5. The summed E-state index contributed by atoms with van der Waals surface area (Å²) in [7, 11) is 0. The van der Waals surface area contributed by atoms with Crippen LogP contribution in [-0.2, 0) is 4.79 Å². The first-order valence-corrected chi connectivity index (χ1v) is 13.1. The summed E-state index contributed by atoms with van der Waals surface area (Å²) in [6.07, 6.45) is 4.58. The molecule has 1 aliphatic heterocycles. The molecule has 0 spiro atoms. The number of carbonyl (C=O) groups excluding carboxylic acids is 1. The van der Waals surface area contributed by atoms with Gasteiger partial charge in [-0.15, -0.1) is 0 Å². The van der Waals surface area contributed by atoms with E-state index in [1.54, 1.807) is 0 Å². The Kier molecular flexibility index (Phi) is 8.10. The van der Waals surface area contributed by atoms with E-state index in [0.717, 1.165) is 29.9 Å². The van der Waals surface area contributed by atoms with E-state index < -0.39 is 0 Å². The van der Waals surface area contributed by atoms with E-state index in [1.807, 2.05) is 78.0 Å². The number of para-hydroxylation sites is 1. The SMILES string of the molecule is C=CC(=O)N1CCC(C)(C)CC(n2nc(-c3ccc(Oc4ccccc4)cc3)c3c(N)ncnc32)C1.CC. The summed E-state index contributed by atoms with van der Waals surface area (Å²) < 4.78 is 7.87. The first-order chi connectivity index (χ1) is 18.3. The Hall–Kier alpha value is -4.20. The van der Waals surface area contributed by atoms with Crippen molar-refractivity contribution in [3.05, 3.63) is 73.6 Å². The quantitative estimate of drug-likeness (QED) is 0.316. The number of ether oxygens (including phenoxy) is 1. The summed E-state index contributed by atoms with van der Waals surface area (Å²) in [6.45, 7) is 13.3. The number of hydrogen-bond donors (Lipinski definition) is 1. The van der Waals surface area contributed by atoms with Crippen molar-refractivity contribution in [2.75, 3.05) is 18.8 Å². The molecule has 198 valence electrons. The lowest BCUT2D eigenvalue weighted by Crippen LogP contribution is -2.34. The second-order valence-corrected chi connectivity index (χ2v) is 9.95. The van der Waals surface area contributed by atoms with Crippen molar-refractivity contribution >= 4 is 22.8 Å². The van der Waals surface area contributed by atoms with E-state index in [2.05, 4.69) is 30.4 Å². The first kappa shape index (κ1) is 26.9. The van der Waals surface area contributed by atoms with Crippen LogP contribution in [0.1, 0.15) is 46.6 Å². The van der Waals surface area contributed by atoms with E-state index in [9.17, 15) is 4.79 Å². The third-order valence-electron chi connectivity index (χ3n) is 6.73. The van der Waals surface area contributed by atoms with E-state index in [4.69, 9.17) is 15.6 Å². The molecule has 0 radical (unpaired) electrons. The monoisotopic (exact) mass is 512 g/mol. The zero-order valence-electron chi connectivity index (χ0n) is 22.6. The van der Waals surface area contributed by atoms with Crippen molar-refractivity contribution in [1.29, 1.82) is 0 Å². The largest absolute Gasteiger partial charge is 0.457 e. The topological polar surface area (TPSA) is 99.2 Å². The highest BCUT2D eigenvalue weighted by atomic mass is 16.5. The minimum absolute atomic E-state index is 0.0221. The summed E-state index contributed by atoms with van der Waals surface area (Å²) in [5.41, 5.74) is 8.62. The molecule has 38 heavy (non-hydrogen) atoms. The number of likely N-dealkylation sites (tertiary alicyclic amines) is 1. The molecule has 4 aromatic rings. The average molecular weight is 513 g/mol. The van der Waals surface area contributed by atoms with E-state index in [-0.39, 0.29) is 17.4 Å². The van der Waals surface area contributed by atoms with Crippen LogP contribution in [-0.4, -0.2) is 43.6 Å². The van der Waals surface area contributed by atoms with Crippen molar-refractivity contribution in [3.8, 4) is 22.8 Å². The molecule has 2 aromatic heterocycles. The van der Waals surface area contributed by atoms with Gasteiger partial charge in [-0.3, -0.25) is 4.79 Å². The molecule has 1 unspecified atom stereocenters. The normalized spacial score (nSPS) is 16.7. The number of amides is 1. The lowest BCUT2D eigenvalue weighted by Gasteiger charge is -2.26. The van der Waals surface area contributed by atoms with Crippen LogP contribution in [0, 0.1) is 5.41 Å². The number of fused-ring (bicyclic) bond motifs is 1. The van der Waals surface area contributed by atoms with Gasteiger partial charge in [-0.25, -0.2) is 14.6 Å². The summed E-state index contributed by atoms with van der Waals surface area (Å²) in [5, 5.41) is 5.72. The number of aromatic nitrogens is 4. The fourth-order valence-electron chi connectivity index (χ4n) is 4.84. The lowest BCUT2D eigenvalue weighted by atomic mass is 9.84. The number of carbonyl (C=O) groups is 1. The van der Waals surface area contributed by atoms with Crippen molar-refractivity contribution < 1.29 is 9.53 Å². The molecule has 0 aliphatic carbocycles. The van der Waals surface area contributed by atoms with Crippen LogP contribution in [0.3, 0.4) is 0 Å². The molecule has 3 heterocycles. The lowest BCUT2D eigenvalue weighted by molar-refractivity contribution is -0.126. The molecule has 2 N–H and O–H groups in total. The van der Waals surface area contributed by atoms with Crippen LogP contribution >= 0.6 is 0 Å². The molecule has 1 amide bonds. The fraction of sp³-hybridized carbons (Fsp3) is 0.333. The predicted octanol–water partition coefficient (Wildman–Crippen LogP) is 6.27. The van der Waals surface area contributed by atoms with Gasteiger partial charge in [0.05, 0.1) is 11.4 Å². The third kappa shape index (κ3) is 5.69. The average Bonchev–Trinajstić information content (AvgIpc) is 3.25. The number of hydrogen-bond acceptors (Lipinski definition) is 6. The highest BCUT2D eigenvalue weighted by molar-refractivity contribution is 5.98. The maximum Gasteiger partial charge on any atom is 0.246 e. The second-order valence-electron chi connectivity index (χ2n) is 9.95. The Morgan fingerprint density at radius 3 is 2.45 bits per heavy atom. The highest BCUT2D eigenvalue weighted by Gasteiger charge is 2.34. The molecular formula is C30H36N6O2. The van der Waals surface area contributed by atoms with Crippen LogP contribution in [0.2, 0.25) is 0 Å². The van der Waals surface area contributed by atoms with Crippen LogP contribution in [0.4, 0.5) is 5.82 Å². The van der Waals surface area contributed by atoms with Crippen LogP contribution in [0.25, 0.3) is 22.3 Å². The summed E-state index contributed by atoms with van der Waals surface area (Å²) >= 11 is 0. The van der Waals surface area contributed by atoms with Gasteiger partial charge in [-0.2, -0.15) is 5.10 Å². The molecule has 2 aromatic carbocycles. The van der Waals surface area contributed by atoms with Crippen LogP contribution in [0.15, 0.2) is 73.6 Å².